The summed E-state index contributed by atoms with van der Waals surface area (Å²) in [6.07, 6.45) is 14.4. The van der Waals surface area contributed by atoms with E-state index in [-0.39, 0.29) is 0 Å². The van der Waals surface area contributed by atoms with Crippen molar-refractivity contribution in [1.82, 2.24) is 0 Å². The summed E-state index contributed by atoms with van der Waals surface area (Å²) in [6, 6.07) is 0. The van der Waals surface area contributed by atoms with Crippen LogP contribution in [0.1, 0.15) is 45.4 Å². The third-order valence-corrected chi connectivity index (χ3v) is 5.94. The summed E-state index contributed by atoms with van der Waals surface area (Å²) >= 11 is 0. The van der Waals surface area contributed by atoms with Gasteiger partial charge in [-0.15, -0.1) is 0 Å². The monoisotopic (exact) mass is 211 g/mol. The van der Waals surface area contributed by atoms with Gasteiger partial charge in [0.15, 0.2) is 0 Å². The number of unbranched alkanes of at least 4 members (excludes halogenated alkanes) is 5. The minimum atomic E-state index is -0.737. The zero-order valence-electron chi connectivity index (χ0n) is 9.71. The van der Waals surface area contributed by atoms with Crippen LogP contribution in [0.15, 0.2) is 23.8 Å². The van der Waals surface area contributed by atoms with Crippen molar-refractivity contribution in [1.29, 1.82) is 0 Å². The van der Waals surface area contributed by atoms with Crippen molar-refractivity contribution in [2.45, 2.75) is 45.4 Å². The molecule has 1 heteroatoms. The molecule has 1 rings (SSSR count). The average molecular weight is 211 g/mol. The fraction of sp³-hybridized carbons (Fsp3) is 0.692. The molecule has 0 radical (unpaired) electrons. The molecule has 0 atom stereocenters. The smallest absolute Gasteiger partial charge is 0.0654 e. The van der Waals surface area contributed by atoms with Crippen LogP contribution < -0.4 is 0 Å². The second-order valence-electron chi connectivity index (χ2n) is 4.52. The maximum absolute atomic E-state index is 2.44. The largest absolute Gasteiger partial charge is 0.0674 e. The molecule has 0 aliphatic carbocycles. The molecule has 0 unspecified atom stereocenters. The van der Waals surface area contributed by atoms with Crippen LogP contribution in [-0.2, 0) is 0 Å². The van der Waals surface area contributed by atoms with E-state index in [1.165, 1.54) is 44.7 Å². The molecule has 80 valence electrons. The lowest BCUT2D eigenvalue weighted by Crippen LogP contribution is -1.90. The van der Waals surface area contributed by atoms with Gasteiger partial charge in [-0.3, -0.25) is 0 Å². The van der Waals surface area contributed by atoms with Gasteiger partial charge in [-0.2, -0.15) is 0 Å². The number of rotatable bonds is 7. The van der Waals surface area contributed by atoms with Gasteiger partial charge in [-0.25, -0.2) is 0 Å². The van der Waals surface area contributed by atoms with E-state index in [4.69, 9.17) is 0 Å². The van der Waals surface area contributed by atoms with Gasteiger partial charge in [0.05, 0.1) is 31.7 Å². The lowest BCUT2D eigenvalue weighted by molar-refractivity contribution is 0.626. The molecular weight excluding hydrogens is 187 g/mol. The summed E-state index contributed by atoms with van der Waals surface area (Å²) in [4.78, 5) is 0. The molecule has 1 heterocycles. The Morgan fingerprint density at radius 1 is 0.857 bits per heavy atom. The highest BCUT2D eigenvalue weighted by Crippen LogP contribution is 2.61. The van der Waals surface area contributed by atoms with E-state index in [0.29, 0.717) is 0 Å². The van der Waals surface area contributed by atoms with Crippen molar-refractivity contribution in [2.24, 2.45) is 0 Å². The normalized spacial score (nSPS) is 17.9. The van der Waals surface area contributed by atoms with Gasteiger partial charge in [-0.05, 0) is 25.0 Å². The molecule has 0 amide bonds. The van der Waals surface area contributed by atoms with E-state index >= 15 is 0 Å². The molecule has 0 spiro atoms. The Labute approximate surface area is 89.8 Å². The highest BCUT2D eigenvalue weighted by Gasteiger charge is 2.26. The Kier molecular flexibility index (Phi) is 5.48. The predicted molar refractivity (Wildman–Crippen MR) is 69.4 cm³/mol. The van der Waals surface area contributed by atoms with E-state index < -0.39 is 7.26 Å². The minimum absolute atomic E-state index is 0.737. The number of hydrogen-bond acceptors (Lipinski definition) is 0. The average Bonchev–Trinajstić information content (AvgIpc) is 2.59. The van der Waals surface area contributed by atoms with Crippen LogP contribution in [-0.4, -0.2) is 12.8 Å². The van der Waals surface area contributed by atoms with E-state index in [9.17, 15) is 0 Å². The molecule has 0 nitrogen and oxygen atoms in total. The first-order valence-corrected chi connectivity index (χ1v) is 8.55. The van der Waals surface area contributed by atoms with Crippen LogP contribution in [0.4, 0.5) is 0 Å². The Morgan fingerprint density at radius 2 is 1.43 bits per heavy atom. The molecule has 0 aromatic carbocycles. The van der Waals surface area contributed by atoms with E-state index in [1.807, 2.05) is 0 Å². The lowest BCUT2D eigenvalue weighted by atomic mass is 10.1. The fourth-order valence-electron chi connectivity index (χ4n) is 1.92. The summed E-state index contributed by atoms with van der Waals surface area (Å²) in [6.45, 7) is 4.72. The second-order valence-corrected chi connectivity index (χ2v) is 8.26. The van der Waals surface area contributed by atoms with Gasteiger partial charge in [0.25, 0.3) is 0 Å². The van der Waals surface area contributed by atoms with Crippen molar-refractivity contribution in [3.05, 3.63) is 23.8 Å². The Balaban J connectivity index is 1.99. The number of hydrogen-bond donors (Lipinski definition) is 0. The molecule has 0 fully saturated rings. The van der Waals surface area contributed by atoms with Gasteiger partial charge < -0.3 is 0 Å². The van der Waals surface area contributed by atoms with Gasteiger partial charge in [0, 0.05) is 0 Å². The van der Waals surface area contributed by atoms with Gasteiger partial charge in [0.2, 0.25) is 0 Å². The maximum atomic E-state index is 2.44. The van der Waals surface area contributed by atoms with Crippen LogP contribution in [0.5, 0.6) is 0 Å². The topological polar surface area (TPSA) is 0 Å². The number of allylic oxidation sites excluding steroid dienone is 2. The molecule has 0 bridgehead atoms. The second kappa shape index (κ2) is 6.40. The molecule has 0 saturated heterocycles. The molecule has 1 aliphatic rings. The van der Waals surface area contributed by atoms with Crippen LogP contribution in [0, 0.1) is 0 Å². The summed E-state index contributed by atoms with van der Waals surface area (Å²) < 4.78 is 0. The Hall–Kier alpha value is -0.0900. The SMILES string of the molecule is CCCCCCCC[P+]1(C)C=CC=C1. The van der Waals surface area contributed by atoms with Crippen LogP contribution >= 0.6 is 7.26 Å². The summed E-state index contributed by atoms with van der Waals surface area (Å²) in [5.41, 5.74) is 0. The third kappa shape index (κ3) is 4.42. The van der Waals surface area contributed by atoms with Gasteiger partial charge >= 0.3 is 0 Å². The van der Waals surface area contributed by atoms with Gasteiger partial charge in [0.1, 0.15) is 0 Å². The van der Waals surface area contributed by atoms with E-state index in [1.54, 1.807) is 0 Å². The molecule has 1 aliphatic heterocycles. The quantitative estimate of drug-likeness (QED) is 0.409. The minimum Gasteiger partial charge on any atom is -0.0654 e. The first-order chi connectivity index (χ1) is 6.77. The van der Waals surface area contributed by atoms with Crippen molar-refractivity contribution >= 4 is 7.26 Å². The highest BCUT2D eigenvalue weighted by atomic mass is 31.2. The van der Waals surface area contributed by atoms with E-state index in [2.05, 4.69) is 37.4 Å². The lowest BCUT2D eigenvalue weighted by Gasteiger charge is -2.10. The van der Waals surface area contributed by atoms with Crippen LogP contribution in [0.2, 0.25) is 0 Å². The predicted octanol–water partition coefficient (Wildman–Crippen LogP) is 5.04. The molecule has 0 saturated carbocycles. The summed E-state index contributed by atoms with van der Waals surface area (Å²) in [5.74, 6) is 4.89. The molecule has 0 aromatic heterocycles. The van der Waals surface area contributed by atoms with Crippen molar-refractivity contribution in [3.63, 3.8) is 0 Å². The molecule has 14 heavy (non-hydrogen) atoms. The first kappa shape index (κ1) is 12.0. The molecular formula is C13H24P+. The first-order valence-electron chi connectivity index (χ1n) is 5.99. The standard InChI is InChI=1S/C13H24P/c1-3-4-5-6-7-8-11-14(2)12-9-10-13-14/h9-10,12-13H,3-8,11H2,1-2H3/q+1. The molecule has 0 N–H and O–H groups in total. The molecule has 0 aromatic rings. The van der Waals surface area contributed by atoms with Gasteiger partial charge in [-0.1, -0.05) is 32.6 Å². The Morgan fingerprint density at radius 3 is 2.07 bits per heavy atom. The zero-order chi connectivity index (χ0) is 10.3. The maximum Gasteiger partial charge on any atom is 0.0674 e. The fourth-order valence-corrected chi connectivity index (χ4v) is 4.21. The van der Waals surface area contributed by atoms with Crippen LogP contribution in [0.3, 0.4) is 0 Å². The van der Waals surface area contributed by atoms with Crippen LogP contribution in [0.25, 0.3) is 0 Å². The van der Waals surface area contributed by atoms with E-state index in [0.717, 1.165) is 0 Å². The summed E-state index contributed by atoms with van der Waals surface area (Å²) in [5, 5.41) is 0. The zero-order valence-corrected chi connectivity index (χ0v) is 10.6. The Bertz CT molecular complexity index is 191. The third-order valence-electron chi connectivity index (χ3n) is 2.96. The summed E-state index contributed by atoms with van der Waals surface area (Å²) in [7, 11) is -0.737. The van der Waals surface area contributed by atoms with Crippen molar-refractivity contribution < 1.29 is 0 Å². The highest BCUT2D eigenvalue weighted by molar-refractivity contribution is 7.81. The van der Waals surface area contributed by atoms with Crippen molar-refractivity contribution in [2.75, 3.05) is 12.8 Å². The van der Waals surface area contributed by atoms with Crippen molar-refractivity contribution in [3.8, 4) is 0 Å².